The Morgan fingerprint density at radius 2 is 2.05 bits per heavy atom. The van der Waals surface area contributed by atoms with Crippen molar-refractivity contribution in [1.29, 1.82) is 0 Å². The van der Waals surface area contributed by atoms with Crippen LogP contribution < -0.4 is 5.32 Å². The lowest BCUT2D eigenvalue weighted by atomic mass is 10.2. The average molecular weight is 260 g/mol. The number of aryl methyl sites for hydroxylation is 3. The number of rotatable bonds is 4. The smallest absolute Gasteiger partial charge is 0.253 e. The van der Waals surface area contributed by atoms with Crippen LogP contribution in [0.2, 0.25) is 0 Å². The number of aldehydes is 1. The Balaban J connectivity index is 2.04. The van der Waals surface area contributed by atoms with Crippen LogP contribution in [0.25, 0.3) is 0 Å². The summed E-state index contributed by atoms with van der Waals surface area (Å²) >= 11 is 0. The molecule has 100 valence electrons. The second-order valence-corrected chi connectivity index (χ2v) is 4.46. The molecular weight excluding hydrogens is 244 g/mol. The first kappa shape index (κ1) is 13.1. The van der Waals surface area contributed by atoms with Crippen LogP contribution in [-0.4, -0.2) is 27.1 Å². The summed E-state index contributed by atoms with van der Waals surface area (Å²) in [5, 5.41) is 2.77. The molecule has 0 unspecified atom stereocenters. The van der Waals surface area contributed by atoms with E-state index in [0.717, 1.165) is 11.4 Å². The molecule has 0 radical (unpaired) electrons. The van der Waals surface area contributed by atoms with Gasteiger partial charge in [-0.05, 0) is 26.8 Å². The van der Waals surface area contributed by atoms with Gasteiger partial charge in [-0.1, -0.05) is 0 Å². The van der Waals surface area contributed by atoms with E-state index in [1.165, 1.54) is 6.07 Å². The lowest BCUT2D eigenvalue weighted by molar-refractivity contribution is 0.0949. The molecule has 0 aliphatic carbocycles. The van der Waals surface area contributed by atoms with E-state index >= 15 is 0 Å². The van der Waals surface area contributed by atoms with E-state index in [-0.39, 0.29) is 5.91 Å². The number of amides is 1. The monoisotopic (exact) mass is 260 g/mol. The van der Waals surface area contributed by atoms with E-state index in [1.54, 1.807) is 6.92 Å². The van der Waals surface area contributed by atoms with Gasteiger partial charge in [0.1, 0.15) is 5.82 Å². The molecule has 0 saturated carbocycles. The SMILES string of the molecule is Cc1nc(CNC(=O)c2cc(C=O)[nH]c2C)[nH]c1C. The van der Waals surface area contributed by atoms with Crippen molar-refractivity contribution in [2.45, 2.75) is 27.3 Å². The van der Waals surface area contributed by atoms with E-state index in [0.29, 0.717) is 35.6 Å². The van der Waals surface area contributed by atoms with Crippen molar-refractivity contribution in [2.24, 2.45) is 0 Å². The predicted octanol–water partition coefficient (Wildman–Crippen LogP) is 1.41. The van der Waals surface area contributed by atoms with Gasteiger partial charge in [0.25, 0.3) is 5.91 Å². The number of carbonyl (C=O) groups excluding carboxylic acids is 2. The molecule has 0 aliphatic rings. The Kier molecular flexibility index (Phi) is 3.50. The molecule has 0 saturated heterocycles. The molecule has 3 N–H and O–H groups in total. The van der Waals surface area contributed by atoms with Crippen molar-refractivity contribution in [2.75, 3.05) is 0 Å². The van der Waals surface area contributed by atoms with Gasteiger partial charge < -0.3 is 15.3 Å². The molecule has 2 heterocycles. The van der Waals surface area contributed by atoms with E-state index < -0.39 is 0 Å². The molecule has 0 spiro atoms. The Morgan fingerprint density at radius 1 is 1.32 bits per heavy atom. The van der Waals surface area contributed by atoms with Gasteiger partial charge in [0, 0.05) is 11.4 Å². The molecule has 0 aliphatic heterocycles. The largest absolute Gasteiger partial charge is 0.356 e. The fourth-order valence-corrected chi connectivity index (χ4v) is 1.85. The van der Waals surface area contributed by atoms with Crippen LogP contribution in [0.4, 0.5) is 0 Å². The number of hydrogen-bond donors (Lipinski definition) is 3. The molecule has 19 heavy (non-hydrogen) atoms. The highest BCUT2D eigenvalue weighted by atomic mass is 16.1. The van der Waals surface area contributed by atoms with Crippen molar-refractivity contribution in [3.8, 4) is 0 Å². The quantitative estimate of drug-likeness (QED) is 0.726. The fourth-order valence-electron chi connectivity index (χ4n) is 1.85. The molecule has 1 amide bonds. The van der Waals surface area contributed by atoms with Gasteiger partial charge in [-0.15, -0.1) is 0 Å². The molecule has 0 atom stereocenters. The number of aromatic nitrogens is 3. The summed E-state index contributed by atoms with van der Waals surface area (Å²) in [4.78, 5) is 32.8. The first-order chi connectivity index (χ1) is 9.01. The second kappa shape index (κ2) is 5.09. The second-order valence-electron chi connectivity index (χ2n) is 4.46. The zero-order chi connectivity index (χ0) is 14.0. The number of H-pyrrole nitrogens is 2. The summed E-state index contributed by atoms with van der Waals surface area (Å²) in [7, 11) is 0. The number of aromatic amines is 2. The zero-order valence-corrected chi connectivity index (χ0v) is 11.1. The Labute approximate surface area is 110 Å². The maximum atomic E-state index is 12.0. The third kappa shape index (κ3) is 2.73. The lowest BCUT2D eigenvalue weighted by Gasteiger charge is -2.02. The minimum atomic E-state index is -0.228. The molecule has 6 nitrogen and oxygen atoms in total. The van der Waals surface area contributed by atoms with E-state index in [9.17, 15) is 9.59 Å². The highest BCUT2D eigenvalue weighted by molar-refractivity contribution is 5.96. The summed E-state index contributed by atoms with van der Waals surface area (Å²) in [6, 6.07) is 1.54. The summed E-state index contributed by atoms with van der Waals surface area (Å²) in [6.45, 7) is 5.92. The van der Waals surface area contributed by atoms with Crippen molar-refractivity contribution in [1.82, 2.24) is 20.3 Å². The summed E-state index contributed by atoms with van der Waals surface area (Å²) in [6.07, 6.45) is 0.684. The Morgan fingerprint density at radius 3 is 2.58 bits per heavy atom. The molecular formula is C13H16N4O2. The van der Waals surface area contributed by atoms with Gasteiger partial charge >= 0.3 is 0 Å². The number of carbonyl (C=O) groups is 2. The molecule has 6 heteroatoms. The van der Waals surface area contributed by atoms with Gasteiger partial charge in [-0.25, -0.2) is 4.98 Å². The van der Waals surface area contributed by atoms with Crippen molar-refractivity contribution < 1.29 is 9.59 Å². The minimum Gasteiger partial charge on any atom is -0.356 e. The van der Waals surface area contributed by atoms with Gasteiger partial charge in [-0.2, -0.15) is 0 Å². The number of hydrogen-bond acceptors (Lipinski definition) is 3. The van der Waals surface area contributed by atoms with Crippen LogP contribution in [-0.2, 0) is 6.54 Å². The Hall–Kier alpha value is -2.37. The maximum absolute atomic E-state index is 12.0. The minimum absolute atomic E-state index is 0.228. The van der Waals surface area contributed by atoms with E-state index in [4.69, 9.17) is 0 Å². The maximum Gasteiger partial charge on any atom is 0.253 e. The highest BCUT2D eigenvalue weighted by Crippen LogP contribution is 2.09. The first-order valence-electron chi connectivity index (χ1n) is 5.96. The van der Waals surface area contributed by atoms with Gasteiger partial charge in [0.15, 0.2) is 6.29 Å². The van der Waals surface area contributed by atoms with Crippen LogP contribution in [0.3, 0.4) is 0 Å². The Bertz CT molecular complexity index is 605. The van der Waals surface area contributed by atoms with Crippen LogP contribution >= 0.6 is 0 Å². The van der Waals surface area contributed by atoms with Crippen molar-refractivity contribution >= 4 is 12.2 Å². The molecule has 0 fully saturated rings. The van der Waals surface area contributed by atoms with Gasteiger partial charge in [0.2, 0.25) is 0 Å². The van der Waals surface area contributed by atoms with Crippen molar-refractivity contribution in [3.05, 3.63) is 40.2 Å². The third-order valence-corrected chi connectivity index (χ3v) is 3.00. The summed E-state index contributed by atoms with van der Waals surface area (Å²) in [5.41, 5.74) is 3.46. The molecule has 0 aromatic carbocycles. The fraction of sp³-hybridized carbons (Fsp3) is 0.308. The number of nitrogens with zero attached hydrogens (tertiary/aromatic N) is 1. The zero-order valence-electron chi connectivity index (χ0n) is 11.1. The average Bonchev–Trinajstić information content (AvgIpc) is 2.90. The predicted molar refractivity (Wildman–Crippen MR) is 70.1 cm³/mol. The standard InChI is InChI=1S/C13H16N4O2/c1-7-8(2)17-12(16-7)5-14-13(19)11-4-10(6-18)15-9(11)3/h4,6,15H,5H2,1-3H3,(H,14,19)(H,16,17). The molecule has 2 aromatic heterocycles. The third-order valence-electron chi connectivity index (χ3n) is 3.00. The molecule has 2 rings (SSSR count). The summed E-state index contributed by atoms with van der Waals surface area (Å²) in [5.74, 6) is 0.487. The number of imidazole rings is 1. The lowest BCUT2D eigenvalue weighted by Crippen LogP contribution is -2.23. The van der Waals surface area contributed by atoms with Crippen LogP contribution in [0.5, 0.6) is 0 Å². The molecule has 2 aromatic rings. The van der Waals surface area contributed by atoms with Crippen LogP contribution in [0, 0.1) is 20.8 Å². The van der Waals surface area contributed by atoms with E-state index in [2.05, 4.69) is 20.3 Å². The first-order valence-corrected chi connectivity index (χ1v) is 5.96. The van der Waals surface area contributed by atoms with Crippen LogP contribution in [0.1, 0.15) is 43.8 Å². The topological polar surface area (TPSA) is 90.6 Å². The van der Waals surface area contributed by atoms with Gasteiger partial charge in [-0.3, -0.25) is 9.59 Å². The van der Waals surface area contributed by atoms with E-state index in [1.807, 2.05) is 13.8 Å². The van der Waals surface area contributed by atoms with Gasteiger partial charge in [0.05, 0.1) is 23.5 Å². The highest BCUT2D eigenvalue weighted by Gasteiger charge is 2.13. The molecule has 0 bridgehead atoms. The summed E-state index contributed by atoms with van der Waals surface area (Å²) < 4.78 is 0. The van der Waals surface area contributed by atoms with Crippen molar-refractivity contribution in [3.63, 3.8) is 0 Å². The normalized spacial score (nSPS) is 10.5. The number of nitrogens with one attached hydrogen (secondary N) is 3. The van der Waals surface area contributed by atoms with Crippen LogP contribution in [0.15, 0.2) is 6.07 Å².